The molecule has 0 fully saturated rings. The molecule has 3 amide bonds. The minimum atomic E-state index is -1.73. The number of nitrogens with zero attached hydrogens (tertiary/aromatic N) is 2. The third-order valence-electron chi connectivity index (χ3n) is 5.19. The van der Waals surface area contributed by atoms with Crippen LogP contribution in [0.1, 0.15) is 36.8 Å². The third kappa shape index (κ3) is 4.23. The first kappa shape index (κ1) is 23.0. The van der Waals surface area contributed by atoms with Crippen molar-refractivity contribution in [3.8, 4) is 11.1 Å². The highest BCUT2D eigenvalue weighted by Gasteiger charge is 2.44. The highest BCUT2D eigenvalue weighted by molar-refractivity contribution is 6.31. The lowest BCUT2D eigenvalue weighted by Gasteiger charge is -2.42. The predicted molar refractivity (Wildman–Crippen MR) is 112 cm³/mol. The second-order valence-electron chi connectivity index (χ2n) is 8.76. The van der Waals surface area contributed by atoms with E-state index >= 15 is 0 Å². The maximum absolute atomic E-state index is 14.2. The highest BCUT2D eigenvalue weighted by atomic mass is 35.5. The van der Waals surface area contributed by atoms with Crippen LogP contribution in [-0.4, -0.2) is 46.8 Å². The molecule has 0 aliphatic carbocycles. The van der Waals surface area contributed by atoms with Crippen molar-refractivity contribution in [3.63, 3.8) is 0 Å². The number of fused-ring (bicyclic) bond motifs is 1. The Morgan fingerprint density at radius 2 is 1.90 bits per heavy atom. The maximum atomic E-state index is 14.2. The number of carbonyl (C=O) groups excluding carboxylic acids is 2. The van der Waals surface area contributed by atoms with Crippen molar-refractivity contribution >= 4 is 23.5 Å². The van der Waals surface area contributed by atoms with Gasteiger partial charge in [-0.2, -0.15) is 0 Å². The van der Waals surface area contributed by atoms with Gasteiger partial charge in [0.15, 0.2) is 0 Å². The zero-order valence-corrected chi connectivity index (χ0v) is 18.2. The van der Waals surface area contributed by atoms with Gasteiger partial charge in [0.25, 0.3) is 5.91 Å². The molecule has 1 aliphatic heterocycles. The summed E-state index contributed by atoms with van der Waals surface area (Å²) in [6, 6.07) is 3.31. The van der Waals surface area contributed by atoms with Crippen LogP contribution in [0.25, 0.3) is 11.1 Å². The maximum Gasteiger partial charge on any atom is 0.318 e. The molecule has 168 valence electrons. The van der Waals surface area contributed by atoms with E-state index in [0.29, 0.717) is 5.56 Å². The second-order valence-corrected chi connectivity index (χ2v) is 9.16. The van der Waals surface area contributed by atoms with Crippen LogP contribution in [0.2, 0.25) is 5.02 Å². The van der Waals surface area contributed by atoms with E-state index in [2.05, 4.69) is 5.32 Å². The van der Waals surface area contributed by atoms with Crippen molar-refractivity contribution in [2.75, 3.05) is 19.9 Å². The SMILES string of the molecule is CC(C)(C)NC(=O)N1Cc2c(C(N)=O)c(-c3ccc(F)c(Cl)c3)cn2C(CF)(CF)C1. The number of alkyl halides is 2. The first-order valence-corrected chi connectivity index (χ1v) is 9.99. The number of rotatable bonds is 4. The van der Waals surface area contributed by atoms with Gasteiger partial charge in [0, 0.05) is 17.3 Å². The molecule has 3 N–H and O–H groups in total. The largest absolute Gasteiger partial charge is 0.366 e. The van der Waals surface area contributed by atoms with Crippen LogP contribution in [0.15, 0.2) is 24.4 Å². The van der Waals surface area contributed by atoms with Crippen LogP contribution in [0.3, 0.4) is 0 Å². The van der Waals surface area contributed by atoms with Gasteiger partial charge in [-0.25, -0.2) is 18.0 Å². The highest BCUT2D eigenvalue weighted by Crippen LogP contribution is 2.38. The van der Waals surface area contributed by atoms with Gasteiger partial charge in [-0.15, -0.1) is 0 Å². The third-order valence-corrected chi connectivity index (χ3v) is 5.48. The van der Waals surface area contributed by atoms with E-state index in [-0.39, 0.29) is 34.9 Å². The first-order valence-electron chi connectivity index (χ1n) is 9.61. The summed E-state index contributed by atoms with van der Waals surface area (Å²) in [5.41, 5.74) is 4.14. The molecule has 2 heterocycles. The van der Waals surface area contributed by atoms with Crippen LogP contribution < -0.4 is 11.1 Å². The molecule has 0 spiro atoms. The van der Waals surface area contributed by atoms with E-state index in [1.165, 1.54) is 27.8 Å². The van der Waals surface area contributed by atoms with Gasteiger partial charge in [0.05, 0.1) is 29.4 Å². The molecule has 1 aromatic heterocycles. The molecule has 0 saturated heterocycles. The summed E-state index contributed by atoms with van der Waals surface area (Å²) in [5.74, 6) is -1.49. The molecule has 1 aliphatic rings. The van der Waals surface area contributed by atoms with Crippen molar-refractivity contribution < 1.29 is 22.8 Å². The fourth-order valence-electron chi connectivity index (χ4n) is 3.74. The molecule has 0 radical (unpaired) electrons. The number of amides is 3. The number of halogens is 4. The molecule has 0 unspecified atom stereocenters. The van der Waals surface area contributed by atoms with Gasteiger partial charge in [-0.1, -0.05) is 17.7 Å². The van der Waals surface area contributed by atoms with Gasteiger partial charge in [-0.05, 0) is 38.5 Å². The normalized spacial score (nSPS) is 15.5. The van der Waals surface area contributed by atoms with Gasteiger partial charge in [0.1, 0.15) is 24.7 Å². The number of nitrogens with two attached hydrogens (primary N) is 1. The van der Waals surface area contributed by atoms with Crippen molar-refractivity contribution in [2.24, 2.45) is 5.73 Å². The van der Waals surface area contributed by atoms with E-state index < -0.39 is 42.2 Å². The molecule has 31 heavy (non-hydrogen) atoms. The fraction of sp³-hybridized carbons (Fsp3) is 0.429. The Balaban J connectivity index is 2.19. The van der Waals surface area contributed by atoms with E-state index in [0.717, 1.165) is 6.07 Å². The molecule has 0 atom stereocenters. The number of hydrogen-bond acceptors (Lipinski definition) is 2. The summed E-state index contributed by atoms with van der Waals surface area (Å²) >= 11 is 5.88. The predicted octanol–water partition coefficient (Wildman–Crippen LogP) is 4.00. The Morgan fingerprint density at radius 1 is 1.26 bits per heavy atom. The summed E-state index contributed by atoms with van der Waals surface area (Å²) in [6.45, 7) is 2.77. The number of aromatic nitrogens is 1. The molecule has 6 nitrogen and oxygen atoms in total. The lowest BCUT2D eigenvalue weighted by Crippen LogP contribution is -2.58. The van der Waals surface area contributed by atoms with E-state index in [1.54, 1.807) is 20.8 Å². The van der Waals surface area contributed by atoms with E-state index in [4.69, 9.17) is 17.3 Å². The van der Waals surface area contributed by atoms with Gasteiger partial charge in [0.2, 0.25) is 0 Å². The van der Waals surface area contributed by atoms with Gasteiger partial charge in [-0.3, -0.25) is 4.79 Å². The summed E-state index contributed by atoms with van der Waals surface area (Å²) < 4.78 is 43.4. The van der Waals surface area contributed by atoms with Crippen LogP contribution >= 0.6 is 11.6 Å². The number of nitrogens with one attached hydrogen (secondary N) is 1. The van der Waals surface area contributed by atoms with Crippen LogP contribution in [0.4, 0.5) is 18.0 Å². The standard InChI is InChI=1S/C21H24ClF3N4O2/c1-20(2,3)27-19(31)28-8-16-17(18(26)30)13(12-4-5-15(25)14(22)6-12)7-29(16)21(9-23,10-24)11-28/h4-7H,8-11H2,1-3H3,(H2,26,30)(H,27,31). The average molecular weight is 457 g/mol. The number of benzene rings is 1. The Bertz CT molecular complexity index is 1030. The summed E-state index contributed by atoms with van der Waals surface area (Å²) in [7, 11) is 0. The molecular weight excluding hydrogens is 433 g/mol. The first-order chi connectivity index (χ1) is 14.4. The molecule has 3 rings (SSSR count). The van der Waals surface area contributed by atoms with E-state index in [9.17, 15) is 22.8 Å². The van der Waals surface area contributed by atoms with Crippen LogP contribution in [-0.2, 0) is 12.1 Å². The van der Waals surface area contributed by atoms with Crippen molar-refractivity contribution in [1.82, 2.24) is 14.8 Å². The van der Waals surface area contributed by atoms with Crippen molar-refractivity contribution in [2.45, 2.75) is 38.4 Å². The molecule has 0 bridgehead atoms. The molecule has 0 saturated carbocycles. The van der Waals surface area contributed by atoms with E-state index in [1.807, 2.05) is 0 Å². The topological polar surface area (TPSA) is 80.4 Å². The van der Waals surface area contributed by atoms with Gasteiger partial charge < -0.3 is 20.5 Å². The Hall–Kier alpha value is -2.68. The van der Waals surface area contributed by atoms with Crippen molar-refractivity contribution in [3.05, 3.63) is 46.5 Å². The fourth-order valence-corrected chi connectivity index (χ4v) is 3.92. The zero-order valence-electron chi connectivity index (χ0n) is 17.4. The monoisotopic (exact) mass is 456 g/mol. The Morgan fingerprint density at radius 3 is 2.42 bits per heavy atom. The smallest absolute Gasteiger partial charge is 0.318 e. The summed E-state index contributed by atoms with van der Waals surface area (Å²) in [5, 5.41) is 2.59. The molecule has 10 heteroatoms. The number of primary amides is 1. The number of carbonyl (C=O) groups is 2. The van der Waals surface area contributed by atoms with Crippen LogP contribution in [0, 0.1) is 5.82 Å². The number of urea groups is 1. The lowest BCUT2D eigenvalue weighted by molar-refractivity contribution is 0.0726. The average Bonchev–Trinajstić information content (AvgIpc) is 3.08. The summed E-state index contributed by atoms with van der Waals surface area (Å²) in [6.07, 6.45) is 1.41. The van der Waals surface area contributed by atoms with Gasteiger partial charge >= 0.3 is 6.03 Å². The minimum absolute atomic E-state index is 0.00204. The van der Waals surface area contributed by atoms with Crippen molar-refractivity contribution in [1.29, 1.82) is 0 Å². The lowest BCUT2D eigenvalue weighted by atomic mass is 9.97. The summed E-state index contributed by atoms with van der Waals surface area (Å²) in [4.78, 5) is 26.4. The molecular formula is C21H24ClF3N4O2. The Kier molecular flexibility index (Phi) is 6.01. The quantitative estimate of drug-likeness (QED) is 0.729. The zero-order chi connectivity index (χ0) is 23.1. The number of hydrogen-bond donors (Lipinski definition) is 2. The van der Waals surface area contributed by atoms with Crippen LogP contribution in [0.5, 0.6) is 0 Å². The second kappa shape index (κ2) is 8.11. The molecule has 2 aromatic rings. The Labute approximate surface area is 183 Å². The molecule has 1 aromatic carbocycles. The minimum Gasteiger partial charge on any atom is -0.366 e.